The van der Waals surface area contributed by atoms with Crippen LogP contribution >= 0.6 is 0 Å². The van der Waals surface area contributed by atoms with Gasteiger partial charge in [0.1, 0.15) is 11.5 Å². The SMILES string of the molecule is CCCCCCCCCCCCCCCC[S+](CCC(O)CCOS(=O)(=O)O)C(O)CC. The zero-order chi connectivity index (χ0) is 24.1. The Bertz CT molecular complexity index is 501. The van der Waals surface area contributed by atoms with Gasteiger partial charge in [-0.25, -0.2) is 4.18 Å². The molecule has 6 nitrogen and oxygen atoms in total. The molecular formula is C24H51O6S2+. The van der Waals surface area contributed by atoms with Crippen molar-refractivity contribution in [2.24, 2.45) is 0 Å². The third-order valence-corrected chi connectivity index (χ3v) is 9.03. The van der Waals surface area contributed by atoms with Crippen molar-refractivity contribution in [3.05, 3.63) is 0 Å². The molecule has 0 radical (unpaired) electrons. The van der Waals surface area contributed by atoms with Gasteiger partial charge in [-0.3, -0.25) is 4.55 Å². The summed E-state index contributed by atoms with van der Waals surface area (Å²) >= 11 is 0. The molecule has 3 unspecified atom stereocenters. The summed E-state index contributed by atoms with van der Waals surface area (Å²) in [6.45, 7) is 4.01. The van der Waals surface area contributed by atoms with Crippen molar-refractivity contribution < 1.29 is 27.4 Å². The van der Waals surface area contributed by atoms with Gasteiger partial charge in [-0.15, -0.1) is 0 Å². The summed E-state index contributed by atoms with van der Waals surface area (Å²) < 4.78 is 33.9. The number of aliphatic hydroxyl groups is 2. The van der Waals surface area contributed by atoms with Gasteiger partial charge in [0.05, 0.1) is 12.7 Å². The molecule has 0 saturated carbocycles. The van der Waals surface area contributed by atoms with Crippen LogP contribution in [0.2, 0.25) is 0 Å². The van der Waals surface area contributed by atoms with Crippen LogP contribution in [0.15, 0.2) is 0 Å². The highest BCUT2D eigenvalue weighted by molar-refractivity contribution is 7.97. The minimum absolute atomic E-state index is 0.141. The molecule has 0 aromatic heterocycles. The van der Waals surface area contributed by atoms with Crippen LogP contribution in [0.1, 0.15) is 123 Å². The Balaban J connectivity index is 3.73. The quantitative estimate of drug-likeness (QED) is 0.0884. The number of hydrogen-bond acceptors (Lipinski definition) is 5. The molecule has 3 N–H and O–H groups in total. The maximum atomic E-state index is 10.5. The molecule has 0 aromatic carbocycles. The van der Waals surface area contributed by atoms with Gasteiger partial charge >= 0.3 is 10.4 Å². The van der Waals surface area contributed by atoms with Crippen molar-refractivity contribution in [3.63, 3.8) is 0 Å². The van der Waals surface area contributed by atoms with Crippen LogP contribution in [-0.4, -0.2) is 52.8 Å². The van der Waals surface area contributed by atoms with Gasteiger partial charge in [0.15, 0.2) is 0 Å². The molecule has 0 rings (SSSR count). The number of hydrogen-bond donors (Lipinski definition) is 3. The molecule has 0 fully saturated rings. The average molecular weight is 500 g/mol. The molecule has 0 bridgehead atoms. The second kappa shape index (κ2) is 21.7. The lowest BCUT2D eigenvalue weighted by Crippen LogP contribution is -2.29. The largest absolute Gasteiger partial charge is 0.397 e. The summed E-state index contributed by atoms with van der Waals surface area (Å²) in [7, 11) is -4.59. The molecule has 0 spiro atoms. The summed E-state index contributed by atoms with van der Waals surface area (Å²) in [6, 6.07) is 0. The Morgan fingerprint density at radius 3 is 1.62 bits per heavy atom. The van der Waals surface area contributed by atoms with E-state index in [1.807, 2.05) is 6.92 Å². The Hall–Kier alpha value is 0.140. The third-order valence-electron chi connectivity index (χ3n) is 5.89. The van der Waals surface area contributed by atoms with Crippen molar-refractivity contribution in [1.82, 2.24) is 0 Å². The fraction of sp³-hybridized carbons (Fsp3) is 1.00. The van der Waals surface area contributed by atoms with Gasteiger partial charge in [-0.2, -0.15) is 8.42 Å². The Labute approximate surface area is 201 Å². The molecule has 3 atom stereocenters. The fourth-order valence-electron chi connectivity index (χ4n) is 3.81. The average Bonchev–Trinajstić information content (AvgIpc) is 2.74. The predicted molar refractivity (Wildman–Crippen MR) is 136 cm³/mol. The lowest BCUT2D eigenvalue weighted by atomic mass is 10.0. The summed E-state index contributed by atoms with van der Waals surface area (Å²) in [5.74, 6) is 1.72. The molecule has 0 saturated heterocycles. The van der Waals surface area contributed by atoms with E-state index in [1.54, 1.807) is 0 Å². The maximum Gasteiger partial charge on any atom is 0.397 e. The van der Waals surface area contributed by atoms with Crippen molar-refractivity contribution in [1.29, 1.82) is 0 Å². The highest BCUT2D eigenvalue weighted by Crippen LogP contribution is 2.17. The summed E-state index contributed by atoms with van der Waals surface area (Å²) in [4.78, 5) is 0. The van der Waals surface area contributed by atoms with Crippen LogP contribution in [0.4, 0.5) is 0 Å². The molecule has 0 aromatic rings. The van der Waals surface area contributed by atoms with Gasteiger partial charge < -0.3 is 10.2 Å². The number of aliphatic hydroxyl groups excluding tert-OH is 2. The Morgan fingerprint density at radius 1 is 0.719 bits per heavy atom. The van der Waals surface area contributed by atoms with Gasteiger partial charge in [0, 0.05) is 23.7 Å². The topological polar surface area (TPSA) is 104 Å². The van der Waals surface area contributed by atoms with E-state index in [-0.39, 0.29) is 29.4 Å². The lowest BCUT2D eigenvalue weighted by molar-refractivity contribution is 0.134. The monoisotopic (exact) mass is 499 g/mol. The van der Waals surface area contributed by atoms with Crippen molar-refractivity contribution >= 4 is 21.3 Å². The summed E-state index contributed by atoms with van der Waals surface area (Å²) in [5.41, 5.74) is -0.335. The Morgan fingerprint density at radius 2 is 1.19 bits per heavy atom. The first-order valence-corrected chi connectivity index (χ1v) is 15.9. The highest BCUT2D eigenvalue weighted by Gasteiger charge is 2.27. The Kier molecular flexibility index (Phi) is 21.8. The standard InChI is InChI=1S/C24H50O6S2/c1-3-5-6-7-8-9-10-11-12-13-14-15-16-17-21-31(24(26)4-2)22-19-23(25)18-20-30-32(27,28)29/h23-26H,3-22H2,1-2H3/p+1. The molecule has 0 aliphatic heterocycles. The van der Waals surface area contributed by atoms with E-state index in [0.717, 1.165) is 17.9 Å². The van der Waals surface area contributed by atoms with Gasteiger partial charge in [-0.1, -0.05) is 90.9 Å². The minimum atomic E-state index is -4.45. The van der Waals surface area contributed by atoms with E-state index in [2.05, 4.69) is 11.1 Å². The second-order valence-corrected chi connectivity index (χ2v) is 12.4. The first-order valence-electron chi connectivity index (χ1n) is 12.9. The van der Waals surface area contributed by atoms with E-state index < -0.39 is 16.5 Å². The van der Waals surface area contributed by atoms with Crippen LogP contribution in [0.3, 0.4) is 0 Å². The van der Waals surface area contributed by atoms with E-state index in [1.165, 1.54) is 83.5 Å². The molecule has 0 amide bonds. The zero-order valence-electron chi connectivity index (χ0n) is 20.7. The lowest BCUT2D eigenvalue weighted by Gasteiger charge is -2.15. The van der Waals surface area contributed by atoms with Crippen LogP contribution in [0, 0.1) is 0 Å². The summed E-state index contributed by atoms with van der Waals surface area (Å²) in [6.07, 6.45) is 19.3. The van der Waals surface area contributed by atoms with Crippen molar-refractivity contribution in [3.8, 4) is 0 Å². The maximum absolute atomic E-state index is 10.5. The molecule has 0 aliphatic carbocycles. The molecule has 8 heteroatoms. The normalized spacial score (nSPS) is 15.0. The molecule has 0 heterocycles. The van der Waals surface area contributed by atoms with E-state index in [0.29, 0.717) is 12.8 Å². The molecule has 32 heavy (non-hydrogen) atoms. The van der Waals surface area contributed by atoms with Crippen LogP contribution in [-0.2, 0) is 25.5 Å². The first-order chi connectivity index (χ1) is 15.3. The fourth-order valence-corrected chi connectivity index (χ4v) is 6.49. The highest BCUT2D eigenvalue weighted by atomic mass is 32.3. The molecule has 194 valence electrons. The van der Waals surface area contributed by atoms with E-state index in [9.17, 15) is 18.6 Å². The molecule has 0 aliphatic rings. The van der Waals surface area contributed by atoms with Crippen molar-refractivity contribution in [2.45, 2.75) is 135 Å². The second-order valence-electron chi connectivity index (χ2n) is 8.89. The molecular weight excluding hydrogens is 448 g/mol. The van der Waals surface area contributed by atoms with Gasteiger partial charge in [0.25, 0.3) is 0 Å². The zero-order valence-corrected chi connectivity index (χ0v) is 22.3. The van der Waals surface area contributed by atoms with E-state index in [4.69, 9.17) is 4.55 Å². The third kappa shape index (κ3) is 22.0. The first kappa shape index (κ1) is 32.1. The van der Waals surface area contributed by atoms with E-state index >= 15 is 0 Å². The van der Waals surface area contributed by atoms with Gasteiger partial charge in [0.2, 0.25) is 5.44 Å². The van der Waals surface area contributed by atoms with Gasteiger partial charge in [-0.05, 0) is 19.3 Å². The smallest absolute Gasteiger partial charge is 0.393 e. The van der Waals surface area contributed by atoms with Crippen LogP contribution in [0.5, 0.6) is 0 Å². The van der Waals surface area contributed by atoms with Crippen LogP contribution in [0.25, 0.3) is 0 Å². The van der Waals surface area contributed by atoms with Crippen LogP contribution < -0.4 is 0 Å². The minimum Gasteiger partial charge on any atom is -0.393 e. The summed E-state index contributed by atoms with van der Waals surface area (Å²) in [5, 5.41) is 20.3. The number of unbranched alkanes of at least 4 members (excludes halogenated alkanes) is 13. The predicted octanol–water partition coefficient (Wildman–Crippen LogP) is 5.77. The van der Waals surface area contributed by atoms with Crippen molar-refractivity contribution in [2.75, 3.05) is 18.1 Å². The number of rotatable bonds is 24.